The average Bonchev–Trinajstić information content (AvgIpc) is 3.14. The molecule has 0 saturated carbocycles. The summed E-state index contributed by atoms with van der Waals surface area (Å²) in [6, 6.07) is 16.2. The fraction of sp³-hybridized carbons (Fsp3) is 0.680. The SMILES string of the molecule is CC(=O)NC1CC(C)(C)N(OC(C)c2ccc(C(C)OC(=O)CCCCCCC(=O)OC(C)c3ccc(C(C)ON4C(C)(C)CC(NC(C)=O)CC4(C)C)cc3)cc2)C(C)(C)C1. The molecule has 2 heterocycles. The van der Waals surface area contributed by atoms with E-state index in [1.54, 1.807) is 13.8 Å². The van der Waals surface area contributed by atoms with Crippen LogP contribution in [0.1, 0.15) is 208 Å². The van der Waals surface area contributed by atoms with Crippen LogP contribution in [-0.4, -0.2) is 68.1 Å². The molecule has 4 atom stereocenters. The van der Waals surface area contributed by atoms with Gasteiger partial charge >= 0.3 is 11.9 Å². The topological polar surface area (TPSA) is 136 Å². The number of amides is 2. The molecule has 0 aromatic heterocycles. The lowest BCUT2D eigenvalue weighted by molar-refractivity contribution is -0.306. The molecule has 0 aliphatic carbocycles. The molecule has 2 amide bonds. The quantitative estimate of drug-likeness (QED) is 0.104. The van der Waals surface area contributed by atoms with E-state index in [-0.39, 0.29) is 82.4 Å². The van der Waals surface area contributed by atoms with Crippen molar-refractivity contribution in [3.63, 3.8) is 0 Å². The van der Waals surface area contributed by atoms with Gasteiger partial charge in [0.15, 0.2) is 0 Å². The van der Waals surface area contributed by atoms with Crippen molar-refractivity contribution in [3.8, 4) is 0 Å². The molecule has 0 bridgehead atoms. The van der Waals surface area contributed by atoms with E-state index in [0.29, 0.717) is 25.7 Å². The minimum absolute atomic E-state index is 0.0112. The molecular formula is C50H78N4O8. The Morgan fingerprint density at radius 1 is 0.500 bits per heavy atom. The van der Waals surface area contributed by atoms with Gasteiger partial charge in [0, 0.05) is 60.9 Å². The van der Waals surface area contributed by atoms with Gasteiger partial charge in [0.2, 0.25) is 11.8 Å². The summed E-state index contributed by atoms with van der Waals surface area (Å²) in [6.45, 7) is 28.2. The molecule has 2 N–H and O–H groups in total. The number of hydrogen-bond donors (Lipinski definition) is 2. The number of nitrogens with zero attached hydrogens (tertiary/aromatic N) is 2. The summed E-state index contributed by atoms with van der Waals surface area (Å²) in [5, 5.41) is 10.4. The number of hydroxylamine groups is 4. The lowest BCUT2D eigenvalue weighted by atomic mass is 9.79. The summed E-state index contributed by atoms with van der Waals surface area (Å²) in [5.74, 6) is -0.492. The molecule has 0 spiro atoms. The molecule has 0 radical (unpaired) electrons. The highest BCUT2D eigenvalue weighted by Gasteiger charge is 2.48. The van der Waals surface area contributed by atoms with Gasteiger partial charge in [-0.15, -0.1) is 0 Å². The van der Waals surface area contributed by atoms with Crippen LogP contribution in [0.15, 0.2) is 48.5 Å². The largest absolute Gasteiger partial charge is 0.458 e. The van der Waals surface area contributed by atoms with Crippen molar-refractivity contribution in [2.75, 3.05) is 0 Å². The number of carbonyl (C=O) groups is 4. The number of carbonyl (C=O) groups excluding carboxylic acids is 4. The monoisotopic (exact) mass is 863 g/mol. The van der Waals surface area contributed by atoms with Crippen LogP contribution >= 0.6 is 0 Å². The number of ether oxygens (including phenoxy) is 2. The van der Waals surface area contributed by atoms with Gasteiger partial charge in [-0.05, 0) is 144 Å². The lowest BCUT2D eigenvalue weighted by Gasteiger charge is -2.54. The van der Waals surface area contributed by atoms with Crippen LogP contribution in [0.3, 0.4) is 0 Å². The van der Waals surface area contributed by atoms with E-state index >= 15 is 0 Å². The molecule has 2 fully saturated rings. The van der Waals surface area contributed by atoms with Crippen LogP contribution in [0.4, 0.5) is 0 Å². The number of benzene rings is 2. The minimum atomic E-state index is -0.381. The fourth-order valence-electron chi connectivity index (χ4n) is 9.93. The third-order valence-corrected chi connectivity index (χ3v) is 12.4. The maximum Gasteiger partial charge on any atom is 0.306 e. The number of nitrogens with one attached hydrogen (secondary N) is 2. The van der Waals surface area contributed by atoms with Crippen molar-refractivity contribution in [2.24, 2.45) is 0 Å². The van der Waals surface area contributed by atoms with Gasteiger partial charge in [0.1, 0.15) is 24.4 Å². The lowest BCUT2D eigenvalue weighted by Crippen LogP contribution is -2.64. The van der Waals surface area contributed by atoms with E-state index in [1.165, 1.54) is 0 Å². The summed E-state index contributed by atoms with van der Waals surface area (Å²) >= 11 is 0. The van der Waals surface area contributed by atoms with Crippen LogP contribution in [-0.2, 0) is 38.3 Å². The predicted molar refractivity (Wildman–Crippen MR) is 242 cm³/mol. The molecule has 2 saturated heterocycles. The van der Waals surface area contributed by atoms with E-state index < -0.39 is 0 Å². The standard InChI is InChI=1S/C50H78N4O8/c1-33(39-21-25-41(26-22-39)35(3)61-53-47(7,8)29-43(51-37(5)55)30-48(53,9)10)59-45(57)19-17-15-16-18-20-46(58)60-34(2)40-23-27-42(28-24-40)36(4)62-54-49(11,12)31-44(52-38(6)56)32-50(54,13)14/h21-28,33-36,43-44H,15-20,29-32H2,1-14H3,(H,51,55)(H,52,56). The molecule has 4 unspecified atom stereocenters. The van der Waals surface area contributed by atoms with Crippen LogP contribution in [0, 0.1) is 0 Å². The first-order valence-corrected chi connectivity index (χ1v) is 22.9. The molecule has 4 rings (SSSR count). The zero-order valence-corrected chi connectivity index (χ0v) is 40.3. The van der Waals surface area contributed by atoms with Gasteiger partial charge in [-0.1, -0.05) is 61.4 Å². The highest BCUT2D eigenvalue weighted by molar-refractivity contribution is 5.73. The molecule has 2 aliphatic heterocycles. The van der Waals surface area contributed by atoms with Crippen molar-refractivity contribution >= 4 is 23.8 Å². The van der Waals surface area contributed by atoms with Crippen molar-refractivity contribution in [2.45, 2.75) is 220 Å². The maximum atomic E-state index is 12.7. The van der Waals surface area contributed by atoms with Gasteiger partial charge in [0.05, 0.1) is 0 Å². The Hall–Kier alpha value is -3.84. The van der Waals surface area contributed by atoms with Crippen molar-refractivity contribution in [1.82, 2.24) is 20.8 Å². The maximum absolute atomic E-state index is 12.7. The van der Waals surface area contributed by atoms with Crippen LogP contribution in [0.25, 0.3) is 0 Å². The second-order valence-electron chi connectivity index (χ2n) is 20.5. The first-order chi connectivity index (χ1) is 28.8. The molecule has 2 aromatic carbocycles. The van der Waals surface area contributed by atoms with Gasteiger partial charge in [-0.2, -0.15) is 10.1 Å². The molecule has 12 nitrogen and oxygen atoms in total. The van der Waals surface area contributed by atoms with Gasteiger partial charge in [0.25, 0.3) is 0 Å². The average molecular weight is 863 g/mol. The highest BCUT2D eigenvalue weighted by atomic mass is 16.7. The first kappa shape index (κ1) is 50.8. The Morgan fingerprint density at radius 2 is 0.758 bits per heavy atom. The summed E-state index contributed by atoms with van der Waals surface area (Å²) in [7, 11) is 0. The van der Waals surface area contributed by atoms with Crippen LogP contribution < -0.4 is 10.6 Å². The highest BCUT2D eigenvalue weighted by Crippen LogP contribution is 2.42. The number of piperidine rings is 2. The Morgan fingerprint density at radius 3 is 1.02 bits per heavy atom. The van der Waals surface area contributed by atoms with E-state index in [0.717, 1.165) is 60.8 Å². The molecule has 2 aromatic rings. The van der Waals surface area contributed by atoms with Crippen molar-refractivity contribution < 1.29 is 38.3 Å². The third kappa shape index (κ3) is 14.3. The number of unbranched alkanes of at least 4 members (excludes halogenated alkanes) is 3. The Balaban J connectivity index is 1.13. The summed E-state index contributed by atoms with van der Waals surface area (Å²) in [5.41, 5.74) is 2.75. The number of esters is 2. The predicted octanol–water partition coefficient (Wildman–Crippen LogP) is 10.2. The van der Waals surface area contributed by atoms with Crippen molar-refractivity contribution in [1.29, 1.82) is 0 Å². The minimum Gasteiger partial charge on any atom is -0.458 e. The Bertz CT molecular complexity index is 1640. The van der Waals surface area contributed by atoms with E-state index in [2.05, 4.69) is 76.1 Å². The summed E-state index contributed by atoms with van der Waals surface area (Å²) in [6.07, 6.45) is 5.67. The summed E-state index contributed by atoms with van der Waals surface area (Å²) < 4.78 is 11.5. The zero-order valence-electron chi connectivity index (χ0n) is 40.3. The smallest absolute Gasteiger partial charge is 0.306 e. The third-order valence-electron chi connectivity index (χ3n) is 12.4. The van der Waals surface area contributed by atoms with E-state index in [4.69, 9.17) is 19.1 Å². The fourth-order valence-corrected chi connectivity index (χ4v) is 9.93. The molecule has 12 heteroatoms. The first-order valence-electron chi connectivity index (χ1n) is 22.9. The normalized spacial score (nSPS) is 20.9. The molecular weight excluding hydrogens is 785 g/mol. The summed E-state index contributed by atoms with van der Waals surface area (Å²) in [4.78, 5) is 62.1. The van der Waals surface area contributed by atoms with E-state index in [9.17, 15) is 19.2 Å². The van der Waals surface area contributed by atoms with Gasteiger partial charge < -0.3 is 20.1 Å². The second kappa shape index (κ2) is 21.2. The number of hydrogen-bond acceptors (Lipinski definition) is 10. The number of rotatable bonds is 19. The van der Waals surface area contributed by atoms with Gasteiger partial charge in [-0.25, -0.2) is 0 Å². The molecule has 2 aliphatic rings. The van der Waals surface area contributed by atoms with E-state index in [1.807, 2.05) is 76.2 Å². The Labute approximate surface area is 372 Å². The second-order valence-corrected chi connectivity index (χ2v) is 20.5. The van der Waals surface area contributed by atoms with Crippen LogP contribution in [0.5, 0.6) is 0 Å². The van der Waals surface area contributed by atoms with Crippen LogP contribution in [0.2, 0.25) is 0 Å². The molecule has 62 heavy (non-hydrogen) atoms. The molecule has 346 valence electrons. The van der Waals surface area contributed by atoms with Crippen molar-refractivity contribution in [3.05, 3.63) is 70.8 Å². The Kier molecular flexibility index (Phi) is 17.4. The van der Waals surface area contributed by atoms with Gasteiger partial charge in [-0.3, -0.25) is 28.9 Å². The zero-order chi connectivity index (χ0) is 46.2.